The molecule has 0 aliphatic carbocycles. The predicted octanol–water partition coefficient (Wildman–Crippen LogP) is 15.4. The Morgan fingerprint density at radius 2 is 0.786 bits per heavy atom. The van der Waals surface area contributed by atoms with Gasteiger partial charge >= 0.3 is 0 Å². The average molecular weight is 716 g/mol. The molecule has 0 unspecified atom stereocenters. The highest BCUT2D eigenvalue weighted by molar-refractivity contribution is 5.99. The maximum Gasteiger partial charge on any atom is 0.136 e. The average Bonchev–Trinajstić information content (AvgIpc) is 3.72. The summed E-state index contributed by atoms with van der Waals surface area (Å²) in [7, 11) is 0. The number of anilines is 3. The summed E-state index contributed by atoms with van der Waals surface area (Å²) >= 11 is 0. The van der Waals surface area contributed by atoms with Gasteiger partial charge in [-0.3, -0.25) is 0 Å². The van der Waals surface area contributed by atoms with Crippen molar-refractivity contribution in [2.24, 2.45) is 0 Å². The molecule has 264 valence electrons. The zero-order valence-corrected chi connectivity index (χ0v) is 30.7. The van der Waals surface area contributed by atoms with Gasteiger partial charge in [0.15, 0.2) is 0 Å². The van der Waals surface area contributed by atoms with Crippen molar-refractivity contribution in [2.45, 2.75) is 0 Å². The Morgan fingerprint density at radius 3 is 1.43 bits per heavy atom. The molecule has 0 fully saturated rings. The number of fused-ring (bicyclic) bond motifs is 2. The first-order chi connectivity index (χ1) is 27.7. The second kappa shape index (κ2) is 14.4. The van der Waals surface area contributed by atoms with E-state index in [-0.39, 0.29) is 0 Å². The van der Waals surface area contributed by atoms with Gasteiger partial charge in [-0.25, -0.2) is 0 Å². The zero-order valence-electron chi connectivity index (χ0n) is 30.7. The van der Waals surface area contributed by atoms with E-state index in [0.29, 0.717) is 0 Å². The Balaban J connectivity index is 1.03. The van der Waals surface area contributed by atoms with Crippen molar-refractivity contribution in [2.75, 3.05) is 4.90 Å². The lowest BCUT2D eigenvalue weighted by molar-refractivity contribution is 0.632. The van der Waals surface area contributed by atoms with Gasteiger partial charge in [0.25, 0.3) is 0 Å². The third-order valence-corrected chi connectivity index (χ3v) is 10.7. The topological polar surface area (TPSA) is 16.4 Å². The van der Waals surface area contributed by atoms with Gasteiger partial charge in [-0.05, 0) is 98.4 Å². The number of hydrogen-bond donors (Lipinski definition) is 0. The van der Waals surface area contributed by atoms with Crippen molar-refractivity contribution < 1.29 is 4.42 Å². The molecule has 0 aliphatic rings. The van der Waals surface area contributed by atoms with Crippen molar-refractivity contribution in [3.8, 4) is 55.8 Å². The summed E-state index contributed by atoms with van der Waals surface area (Å²) in [6, 6.07) is 80.0. The Bertz CT molecular complexity index is 2890. The van der Waals surface area contributed by atoms with Crippen molar-refractivity contribution >= 4 is 38.8 Å². The van der Waals surface area contributed by atoms with Crippen LogP contribution in [0.15, 0.2) is 229 Å². The smallest absolute Gasteiger partial charge is 0.136 e. The number of nitrogens with zero attached hydrogens (tertiary/aromatic N) is 1. The van der Waals surface area contributed by atoms with Crippen LogP contribution in [0.1, 0.15) is 0 Å². The maximum absolute atomic E-state index is 6.44. The third kappa shape index (κ3) is 6.34. The van der Waals surface area contributed by atoms with Crippen LogP contribution in [0.3, 0.4) is 0 Å². The molecular formula is C54H37NO. The number of hydrogen-bond acceptors (Lipinski definition) is 2. The first-order valence-electron chi connectivity index (χ1n) is 19.1. The Kier molecular flexibility index (Phi) is 8.55. The number of benzene rings is 9. The molecule has 56 heavy (non-hydrogen) atoms. The minimum absolute atomic E-state index is 0.862. The fourth-order valence-electron chi connectivity index (χ4n) is 7.83. The quantitative estimate of drug-likeness (QED) is 0.156. The van der Waals surface area contributed by atoms with Crippen LogP contribution >= 0.6 is 0 Å². The van der Waals surface area contributed by atoms with Crippen LogP contribution < -0.4 is 4.90 Å². The summed E-state index contributed by atoms with van der Waals surface area (Å²) in [6.07, 6.45) is 0. The number of furan rings is 1. The molecule has 0 radical (unpaired) electrons. The van der Waals surface area contributed by atoms with Gasteiger partial charge in [-0.1, -0.05) is 176 Å². The van der Waals surface area contributed by atoms with Crippen LogP contribution in [-0.2, 0) is 0 Å². The van der Waals surface area contributed by atoms with Crippen molar-refractivity contribution in [3.63, 3.8) is 0 Å². The summed E-state index contributed by atoms with van der Waals surface area (Å²) in [4.78, 5) is 2.37. The standard InChI is InChI=1S/C54H37NO/c1-3-12-38(13-4-1)39-22-24-40(25-23-39)41-26-31-47(32-27-41)55(52-20-11-18-44-16-7-9-19-50(44)52)48-33-28-42(29-34-48)45-30-35-49(43-14-5-2-6-15-43)51(36-45)54-37-46-17-8-10-21-53(46)56-54/h1-37H. The molecule has 0 atom stereocenters. The highest BCUT2D eigenvalue weighted by Gasteiger charge is 2.18. The van der Waals surface area contributed by atoms with Gasteiger partial charge in [-0.15, -0.1) is 0 Å². The molecule has 10 rings (SSSR count). The molecule has 0 bridgehead atoms. The van der Waals surface area contributed by atoms with E-state index < -0.39 is 0 Å². The lowest BCUT2D eigenvalue weighted by Gasteiger charge is -2.27. The minimum atomic E-state index is 0.862. The van der Waals surface area contributed by atoms with E-state index >= 15 is 0 Å². The first-order valence-corrected chi connectivity index (χ1v) is 19.1. The summed E-state index contributed by atoms with van der Waals surface area (Å²) in [5, 5.41) is 3.50. The first kappa shape index (κ1) is 33.2. The molecule has 0 N–H and O–H groups in total. The van der Waals surface area contributed by atoms with Gasteiger partial charge in [0.2, 0.25) is 0 Å². The highest BCUT2D eigenvalue weighted by atomic mass is 16.3. The van der Waals surface area contributed by atoms with Gasteiger partial charge in [0.05, 0.1) is 5.69 Å². The molecule has 1 heterocycles. The van der Waals surface area contributed by atoms with Crippen molar-refractivity contribution in [1.82, 2.24) is 0 Å². The van der Waals surface area contributed by atoms with Gasteiger partial charge in [0, 0.05) is 27.7 Å². The monoisotopic (exact) mass is 715 g/mol. The van der Waals surface area contributed by atoms with Crippen LogP contribution in [-0.4, -0.2) is 0 Å². The van der Waals surface area contributed by atoms with Crippen molar-refractivity contribution in [1.29, 1.82) is 0 Å². The fraction of sp³-hybridized carbons (Fsp3) is 0. The molecule has 0 amide bonds. The lowest BCUT2D eigenvalue weighted by atomic mass is 9.93. The summed E-state index contributed by atoms with van der Waals surface area (Å²) in [5.41, 5.74) is 14.7. The number of rotatable bonds is 8. The Labute approximate surface area is 327 Å². The van der Waals surface area contributed by atoms with E-state index in [1.807, 2.05) is 12.1 Å². The van der Waals surface area contributed by atoms with E-state index in [0.717, 1.165) is 61.6 Å². The van der Waals surface area contributed by atoms with E-state index in [1.54, 1.807) is 0 Å². The van der Waals surface area contributed by atoms with E-state index in [1.165, 1.54) is 33.0 Å². The van der Waals surface area contributed by atoms with E-state index in [9.17, 15) is 0 Å². The SMILES string of the molecule is c1ccc(-c2ccc(-c3ccc(N(c4ccc(-c5ccc(-c6ccccc6)c(-c6cc7ccccc7o6)c5)cc4)c4cccc5ccccc45)cc3)cc2)cc1. The summed E-state index contributed by atoms with van der Waals surface area (Å²) < 4.78 is 6.44. The van der Waals surface area contributed by atoms with Crippen LogP contribution in [0, 0.1) is 0 Å². The predicted molar refractivity (Wildman–Crippen MR) is 236 cm³/mol. The molecule has 0 saturated heterocycles. The maximum atomic E-state index is 6.44. The van der Waals surface area contributed by atoms with Gasteiger partial charge in [0.1, 0.15) is 11.3 Å². The van der Waals surface area contributed by atoms with Crippen LogP contribution in [0.2, 0.25) is 0 Å². The number of para-hydroxylation sites is 1. The third-order valence-electron chi connectivity index (χ3n) is 10.7. The van der Waals surface area contributed by atoms with E-state index in [4.69, 9.17) is 4.42 Å². The summed E-state index contributed by atoms with van der Waals surface area (Å²) in [6.45, 7) is 0. The molecule has 10 aromatic rings. The molecule has 0 saturated carbocycles. The second-order valence-corrected chi connectivity index (χ2v) is 14.1. The Morgan fingerprint density at radius 1 is 0.304 bits per heavy atom. The Hall–Kier alpha value is -7.42. The molecule has 1 aromatic heterocycles. The summed E-state index contributed by atoms with van der Waals surface area (Å²) in [5.74, 6) is 0.862. The largest absolute Gasteiger partial charge is 0.456 e. The van der Waals surface area contributed by atoms with Crippen LogP contribution in [0.25, 0.3) is 77.6 Å². The van der Waals surface area contributed by atoms with Gasteiger partial charge < -0.3 is 9.32 Å². The minimum Gasteiger partial charge on any atom is -0.456 e. The zero-order chi connectivity index (χ0) is 37.3. The van der Waals surface area contributed by atoms with Gasteiger partial charge in [-0.2, -0.15) is 0 Å². The molecule has 0 spiro atoms. The lowest BCUT2D eigenvalue weighted by Crippen LogP contribution is -2.10. The van der Waals surface area contributed by atoms with Crippen molar-refractivity contribution in [3.05, 3.63) is 224 Å². The normalized spacial score (nSPS) is 11.2. The molecule has 0 aliphatic heterocycles. The van der Waals surface area contributed by atoms with Crippen LogP contribution in [0.5, 0.6) is 0 Å². The molecular weight excluding hydrogens is 679 g/mol. The molecule has 9 aromatic carbocycles. The molecule has 2 nitrogen and oxygen atoms in total. The molecule has 2 heteroatoms. The van der Waals surface area contributed by atoms with E-state index in [2.05, 4.69) is 217 Å². The highest BCUT2D eigenvalue weighted by Crippen LogP contribution is 2.42. The second-order valence-electron chi connectivity index (χ2n) is 14.1. The van der Waals surface area contributed by atoms with Crippen LogP contribution in [0.4, 0.5) is 17.1 Å². The fourth-order valence-corrected chi connectivity index (χ4v) is 7.83.